The Kier molecular flexibility index (Phi) is 5.46. The van der Waals surface area contributed by atoms with Gasteiger partial charge in [-0.05, 0) is 25.0 Å². The second-order valence-corrected chi connectivity index (χ2v) is 3.73. The van der Waals surface area contributed by atoms with E-state index in [1.807, 2.05) is 0 Å². The molecule has 0 spiro atoms. The quantitative estimate of drug-likeness (QED) is 0.506. The number of ketones is 1. The van der Waals surface area contributed by atoms with E-state index in [1.54, 1.807) is 18.6 Å². The van der Waals surface area contributed by atoms with Gasteiger partial charge in [0.25, 0.3) is 0 Å². The van der Waals surface area contributed by atoms with Gasteiger partial charge in [-0.25, -0.2) is 4.99 Å². The van der Waals surface area contributed by atoms with Gasteiger partial charge in [0.05, 0.1) is 6.34 Å². The normalized spacial score (nSPS) is 19.6. The van der Waals surface area contributed by atoms with Crippen molar-refractivity contribution in [3.05, 3.63) is 12.2 Å². The maximum Gasteiger partial charge on any atom is 0.203 e. The Morgan fingerprint density at radius 1 is 1.44 bits per heavy atom. The highest BCUT2D eigenvalue weighted by Gasteiger charge is 2.13. The molecule has 1 aliphatic rings. The minimum absolute atomic E-state index is 0.0494. The average molecular weight is 221 g/mol. The first-order chi connectivity index (χ1) is 7.77. The molecule has 0 aromatic rings. The van der Waals surface area contributed by atoms with E-state index < -0.39 is 6.17 Å². The van der Waals surface area contributed by atoms with Crippen molar-refractivity contribution in [1.29, 1.82) is 0 Å². The van der Waals surface area contributed by atoms with Gasteiger partial charge in [-0.3, -0.25) is 9.79 Å². The van der Waals surface area contributed by atoms with Crippen LogP contribution in [0.15, 0.2) is 22.1 Å². The molecule has 0 amide bonds. The molecule has 1 aliphatic heterocycles. The molecule has 4 nitrogen and oxygen atoms in total. The number of nitrogens with zero attached hydrogens (tertiary/aromatic N) is 3. The molecule has 0 saturated carbocycles. The van der Waals surface area contributed by atoms with Crippen LogP contribution in [0.2, 0.25) is 0 Å². The van der Waals surface area contributed by atoms with E-state index >= 15 is 0 Å². The molecule has 0 bridgehead atoms. The monoisotopic (exact) mass is 221 g/mol. The minimum Gasteiger partial charge on any atom is -0.363 e. The molecule has 0 radical (unpaired) electrons. The first-order valence-electron chi connectivity index (χ1n) is 5.79. The SMILES string of the molecule is CCCN(C=NC1N=CC=CC1=O)CCC. The molecule has 88 valence electrons. The third-order valence-corrected chi connectivity index (χ3v) is 2.22. The van der Waals surface area contributed by atoms with E-state index in [0.717, 1.165) is 25.9 Å². The summed E-state index contributed by atoms with van der Waals surface area (Å²) in [6.07, 6.45) is 8.12. The van der Waals surface area contributed by atoms with Gasteiger partial charge >= 0.3 is 0 Å². The maximum atomic E-state index is 11.4. The number of hydrogen-bond acceptors (Lipinski definition) is 3. The van der Waals surface area contributed by atoms with Crippen LogP contribution in [-0.2, 0) is 4.79 Å². The topological polar surface area (TPSA) is 45.0 Å². The van der Waals surface area contributed by atoms with Crippen LogP contribution in [0.5, 0.6) is 0 Å². The van der Waals surface area contributed by atoms with E-state index in [2.05, 4.69) is 28.7 Å². The fourth-order valence-corrected chi connectivity index (χ4v) is 1.50. The van der Waals surface area contributed by atoms with Crippen LogP contribution >= 0.6 is 0 Å². The highest BCUT2D eigenvalue weighted by atomic mass is 16.1. The van der Waals surface area contributed by atoms with Gasteiger partial charge in [0, 0.05) is 19.3 Å². The number of aliphatic imine (C=N–C) groups is 2. The Morgan fingerprint density at radius 2 is 2.12 bits per heavy atom. The summed E-state index contributed by atoms with van der Waals surface area (Å²) in [5, 5.41) is 0. The van der Waals surface area contributed by atoms with Gasteiger partial charge in [-0.1, -0.05) is 13.8 Å². The zero-order valence-corrected chi connectivity index (χ0v) is 9.97. The number of dihydropyridines is 1. The molecule has 1 unspecified atom stereocenters. The van der Waals surface area contributed by atoms with Gasteiger partial charge in [-0.15, -0.1) is 0 Å². The fourth-order valence-electron chi connectivity index (χ4n) is 1.50. The van der Waals surface area contributed by atoms with Gasteiger partial charge in [-0.2, -0.15) is 0 Å². The Balaban J connectivity index is 2.52. The Labute approximate surface area is 96.8 Å². The van der Waals surface area contributed by atoms with Crippen LogP contribution in [0.4, 0.5) is 0 Å². The summed E-state index contributed by atoms with van der Waals surface area (Å²) in [6.45, 7) is 6.20. The summed E-state index contributed by atoms with van der Waals surface area (Å²) < 4.78 is 0. The summed E-state index contributed by atoms with van der Waals surface area (Å²) in [6, 6.07) is 0. The number of allylic oxidation sites excluding steroid dienone is 1. The summed E-state index contributed by atoms with van der Waals surface area (Å²) in [5.74, 6) is -0.0494. The van der Waals surface area contributed by atoms with Crippen LogP contribution < -0.4 is 0 Å². The third-order valence-electron chi connectivity index (χ3n) is 2.22. The highest BCUT2D eigenvalue weighted by molar-refractivity contribution is 6.01. The summed E-state index contributed by atoms with van der Waals surface area (Å²) in [7, 11) is 0. The van der Waals surface area contributed by atoms with Crippen molar-refractivity contribution in [3.8, 4) is 0 Å². The van der Waals surface area contributed by atoms with Crippen molar-refractivity contribution < 1.29 is 4.79 Å². The van der Waals surface area contributed by atoms with Gasteiger partial charge in [0.2, 0.25) is 11.9 Å². The average Bonchev–Trinajstić information content (AvgIpc) is 2.28. The number of carbonyl (C=O) groups excluding carboxylic acids is 1. The second kappa shape index (κ2) is 6.93. The smallest absolute Gasteiger partial charge is 0.203 e. The van der Waals surface area contributed by atoms with Gasteiger partial charge in [0.15, 0.2) is 0 Å². The van der Waals surface area contributed by atoms with Crippen LogP contribution in [-0.4, -0.2) is 42.5 Å². The predicted molar refractivity (Wildman–Crippen MR) is 67.1 cm³/mol. The summed E-state index contributed by atoms with van der Waals surface area (Å²) in [4.78, 5) is 21.7. The number of rotatable bonds is 6. The van der Waals surface area contributed by atoms with E-state index in [-0.39, 0.29) is 5.78 Å². The molecule has 4 heteroatoms. The number of carbonyl (C=O) groups is 1. The van der Waals surface area contributed by atoms with Crippen LogP contribution in [0.1, 0.15) is 26.7 Å². The van der Waals surface area contributed by atoms with Crippen molar-refractivity contribution in [2.45, 2.75) is 32.9 Å². The van der Waals surface area contributed by atoms with Crippen molar-refractivity contribution >= 4 is 18.3 Å². The summed E-state index contributed by atoms with van der Waals surface area (Å²) in [5.41, 5.74) is 0. The fraction of sp³-hybridized carbons (Fsp3) is 0.583. The number of hydrogen-bond donors (Lipinski definition) is 0. The van der Waals surface area contributed by atoms with E-state index in [1.165, 1.54) is 6.08 Å². The standard InChI is InChI=1S/C12H19N3O/c1-3-8-15(9-4-2)10-14-12-11(16)6-5-7-13-12/h5-7,10,12H,3-4,8-9H2,1-2H3. The van der Waals surface area contributed by atoms with Crippen LogP contribution in [0.3, 0.4) is 0 Å². The first kappa shape index (κ1) is 12.6. The molecule has 1 rings (SSSR count). The second-order valence-electron chi connectivity index (χ2n) is 3.73. The van der Waals surface area contributed by atoms with Crippen LogP contribution in [0, 0.1) is 0 Å². The van der Waals surface area contributed by atoms with Crippen molar-refractivity contribution in [2.75, 3.05) is 13.1 Å². The lowest BCUT2D eigenvalue weighted by atomic mass is 10.2. The Morgan fingerprint density at radius 3 is 2.69 bits per heavy atom. The van der Waals surface area contributed by atoms with Crippen LogP contribution in [0.25, 0.3) is 0 Å². The van der Waals surface area contributed by atoms with Gasteiger partial charge in [0.1, 0.15) is 0 Å². The lowest BCUT2D eigenvalue weighted by Crippen LogP contribution is -2.26. The molecule has 1 atom stereocenters. The van der Waals surface area contributed by atoms with Gasteiger partial charge < -0.3 is 4.90 Å². The van der Waals surface area contributed by atoms with E-state index in [9.17, 15) is 4.79 Å². The maximum absolute atomic E-state index is 11.4. The van der Waals surface area contributed by atoms with Crippen molar-refractivity contribution in [3.63, 3.8) is 0 Å². The molecule has 0 aromatic carbocycles. The van der Waals surface area contributed by atoms with Crippen molar-refractivity contribution in [2.24, 2.45) is 9.98 Å². The zero-order chi connectivity index (χ0) is 11.8. The molecule has 0 N–H and O–H groups in total. The van der Waals surface area contributed by atoms with Crippen molar-refractivity contribution in [1.82, 2.24) is 4.90 Å². The molecule has 0 aliphatic carbocycles. The predicted octanol–water partition coefficient (Wildman–Crippen LogP) is 1.67. The molecule has 16 heavy (non-hydrogen) atoms. The lowest BCUT2D eigenvalue weighted by molar-refractivity contribution is -0.115. The molecular formula is C12H19N3O. The summed E-state index contributed by atoms with van der Waals surface area (Å²) >= 11 is 0. The first-order valence-corrected chi connectivity index (χ1v) is 5.79. The molecular weight excluding hydrogens is 202 g/mol. The Bertz CT molecular complexity index is 301. The van der Waals surface area contributed by atoms with E-state index in [0.29, 0.717) is 0 Å². The molecule has 1 heterocycles. The molecule has 0 saturated heterocycles. The Hall–Kier alpha value is -1.45. The highest BCUT2D eigenvalue weighted by Crippen LogP contribution is 2.01. The minimum atomic E-state index is -0.568. The third kappa shape index (κ3) is 3.96. The molecule has 0 fully saturated rings. The zero-order valence-electron chi connectivity index (χ0n) is 9.97. The van der Waals surface area contributed by atoms with E-state index in [4.69, 9.17) is 0 Å². The largest absolute Gasteiger partial charge is 0.363 e. The lowest BCUT2D eigenvalue weighted by Gasteiger charge is -2.18. The molecule has 0 aromatic heterocycles.